The summed E-state index contributed by atoms with van der Waals surface area (Å²) in [6, 6.07) is 11.4. The van der Waals surface area contributed by atoms with Crippen molar-refractivity contribution in [3.63, 3.8) is 0 Å². The summed E-state index contributed by atoms with van der Waals surface area (Å²) < 4.78 is 38.2. The van der Waals surface area contributed by atoms with Gasteiger partial charge in [0.25, 0.3) is 5.91 Å². The first-order chi connectivity index (χ1) is 13.1. The van der Waals surface area contributed by atoms with Crippen LogP contribution in [0.5, 0.6) is 11.5 Å². The molecule has 0 heterocycles. The van der Waals surface area contributed by atoms with Crippen LogP contribution in [-0.4, -0.2) is 33.6 Å². The monoisotopic (exact) mass is 406 g/mol. The fourth-order valence-corrected chi connectivity index (χ4v) is 3.79. The fraction of sp³-hybridized carbons (Fsp3) is 0.350. The summed E-state index contributed by atoms with van der Waals surface area (Å²) in [6.45, 7) is 7.01. The first-order valence-electron chi connectivity index (χ1n) is 8.87. The highest BCUT2D eigenvalue weighted by atomic mass is 32.2. The summed E-state index contributed by atoms with van der Waals surface area (Å²) in [4.78, 5) is 12.6. The van der Waals surface area contributed by atoms with Gasteiger partial charge < -0.3 is 14.8 Å². The van der Waals surface area contributed by atoms with Gasteiger partial charge in [-0.2, -0.15) is 0 Å². The third-order valence-electron chi connectivity index (χ3n) is 3.80. The van der Waals surface area contributed by atoms with Crippen molar-refractivity contribution in [3.05, 3.63) is 48.0 Å². The smallest absolute Gasteiger partial charge is 0.265 e. The van der Waals surface area contributed by atoms with E-state index in [9.17, 15) is 13.2 Å². The van der Waals surface area contributed by atoms with Gasteiger partial charge in [0.15, 0.2) is 6.10 Å². The molecule has 2 N–H and O–H groups in total. The Morgan fingerprint density at radius 1 is 1.07 bits per heavy atom. The van der Waals surface area contributed by atoms with Crippen LogP contribution in [0, 0.1) is 6.92 Å². The van der Waals surface area contributed by atoms with Crippen molar-refractivity contribution in [3.8, 4) is 11.5 Å². The predicted octanol–water partition coefficient (Wildman–Crippen LogP) is 3.10. The quantitative estimate of drug-likeness (QED) is 0.703. The molecule has 0 aliphatic rings. The number of hydrogen-bond donors (Lipinski definition) is 2. The molecular weight excluding hydrogens is 380 g/mol. The first-order valence-corrected chi connectivity index (χ1v) is 10.3. The van der Waals surface area contributed by atoms with Gasteiger partial charge >= 0.3 is 0 Å². The zero-order valence-electron chi connectivity index (χ0n) is 16.6. The van der Waals surface area contributed by atoms with Gasteiger partial charge in [-0.1, -0.05) is 12.1 Å². The lowest BCUT2D eigenvalue weighted by Crippen LogP contribution is -2.31. The van der Waals surface area contributed by atoms with Gasteiger partial charge in [-0.05, 0) is 63.6 Å². The van der Waals surface area contributed by atoms with E-state index in [-0.39, 0.29) is 16.6 Å². The number of carbonyl (C=O) groups excluding carboxylic acids is 1. The molecule has 0 saturated heterocycles. The van der Waals surface area contributed by atoms with Crippen LogP contribution in [0.3, 0.4) is 0 Å². The van der Waals surface area contributed by atoms with Gasteiger partial charge in [-0.25, -0.2) is 13.1 Å². The van der Waals surface area contributed by atoms with Crippen LogP contribution in [0.2, 0.25) is 0 Å². The molecule has 2 aromatic rings. The molecular formula is C20H26N2O5S. The van der Waals surface area contributed by atoms with Crippen molar-refractivity contribution < 1.29 is 22.7 Å². The molecule has 2 aromatic carbocycles. The van der Waals surface area contributed by atoms with E-state index in [1.165, 1.54) is 25.3 Å². The highest BCUT2D eigenvalue weighted by Crippen LogP contribution is 2.28. The van der Waals surface area contributed by atoms with Crippen molar-refractivity contribution in [1.29, 1.82) is 0 Å². The van der Waals surface area contributed by atoms with E-state index in [0.717, 1.165) is 5.56 Å². The van der Waals surface area contributed by atoms with Crippen LogP contribution >= 0.6 is 0 Å². The maximum Gasteiger partial charge on any atom is 0.265 e. The number of ether oxygens (including phenoxy) is 2. The SMILES string of the molecule is COc1ccc(S(=O)(=O)NC(C)C)cc1NC(=O)C(C)Oc1cccc(C)c1. The molecule has 7 nitrogen and oxygen atoms in total. The number of methoxy groups -OCH3 is 1. The largest absolute Gasteiger partial charge is 0.495 e. The molecule has 0 saturated carbocycles. The minimum Gasteiger partial charge on any atom is -0.495 e. The molecule has 152 valence electrons. The van der Waals surface area contributed by atoms with E-state index in [1.807, 2.05) is 25.1 Å². The van der Waals surface area contributed by atoms with Crippen LogP contribution in [-0.2, 0) is 14.8 Å². The van der Waals surface area contributed by atoms with E-state index in [2.05, 4.69) is 10.0 Å². The predicted molar refractivity (Wildman–Crippen MR) is 108 cm³/mol. The van der Waals surface area contributed by atoms with Crippen LogP contribution < -0.4 is 19.5 Å². The number of hydrogen-bond acceptors (Lipinski definition) is 5. The lowest BCUT2D eigenvalue weighted by Gasteiger charge is -2.17. The van der Waals surface area contributed by atoms with Crippen molar-refractivity contribution in [2.45, 2.75) is 44.7 Å². The second-order valence-corrected chi connectivity index (χ2v) is 8.42. The average molecular weight is 407 g/mol. The van der Waals surface area contributed by atoms with E-state index in [0.29, 0.717) is 11.5 Å². The standard InChI is InChI=1S/C20H26N2O5S/c1-13(2)22-28(24,25)17-9-10-19(26-5)18(12-17)21-20(23)15(4)27-16-8-6-7-14(3)11-16/h6-13,15,22H,1-5H3,(H,21,23). The summed E-state index contributed by atoms with van der Waals surface area (Å²) in [6.07, 6.45) is -0.791. The summed E-state index contributed by atoms with van der Waals surface area (Å²) in [7, 11) is -2.26. The molecule has 0 radical (unpaired) electrons. The number of rotatable bonds is 8. The minimum absolute atomic E-state index is 0.0320. The number of carbonyl (C=O) groups is 1. The zero-order valence-corrected chi connectivity index (χ0v) is 17.5. The maximum atomic E-state index is 12.6. The molecule has 1 amide bonds. The molecule has 0 aliphatic heterocycles. The molecule has 1 atom stereocenters. The number of benzene rings is 2. The number of nitrogens with one attached hydrogen (secondary N) is 2. The Kier molecular flexibility index (Phi) is 7.04. The minimum atomic E-state index is -3.70. The molecule has 0 fully saturated rings. The van der Waals surface area contributed by atoms with Crippen molar-refractivity contribution in [1.82, 2.24) is 4.72 Å². The molecule has 0 bridgehead atoms. The molecule has 2 rings (SSSR count). The Hall–Kier alpha value is -2.58. The highest BCUT2D eigenvalue weighted by Gasteiger charge is 2.21. The fourth-order valence-electron chi connectivity index (χ4n) is 2.51. The Bertz CT molecular complexity index is 941. The lowest BCUT2D eigenvalue weighted by atomic mass is 10.2. The average Bonchev–Trinajstić information content (AvgIpc) is 2.60. The number of aryl methyl sites for hydroxylation is 1. The Morgan fingerprint density at radius 3 is 2.39 bits per heavy atom. The number of amides is 1. The number of anilines is 1. The van der Waals surface area contributed by atoms with Gasteiger partial charge in [-0.3, -0.25) is 4.79 Å². The van der Waals surface area contributed by atoms with E-state index >= 15 is 0 Å². The topological polar surface area (TPSA) is 93.7 Å². The molecule has 0 spiro atoms. The van der Waals surface area contributed by atoms with E-state index in [4.69, 9.17) is 9.47 Å². The Morgan fingerprint density at radius 2 is 1.79 bits per heavy atom. The highest BCUT2D eigenvalue weighted by molar-refractivity contribution is 7.89. The Balaban J connectivity index is 2.21. The van der Waals surface area contributed by atoms with Gasteiger partial charge in [-0.15, -0.1) is 0 Å². The van der Waals surface area contributed by atoms with Gasteiger partial charge in [0.2, 0.25) is 10.0 Å². The van der Waals surface area contributed by atoms with E-state index in [1.54, 1.807) is 26.8 Å². The third kappa shape index (κ3) is 5.71. The Labute approximate surface area is 166 Å². The van der Waals surface area contributed by atoms with Crippen LogP contribution in [0.15, 0.2) is 47.4 Å². The molecule has 1 unspecified atom stereocenters. The molecule has 0 aromatic heterocycles. The molecule has 28 heavy (non-hydrogen) atoms. The normalized spacial score (nSPS) is 12.5. The summed E-state index contributed by atoms with van der Waals surface area (Å²) in [5, 5.41) is 2.68. The van der Waals surface area contributed by atoms with Crippen LogP contribution in [0.25, 0.3) is 0 Å². The van der Waals surface area contributed by atoms with Crippen molar-refractivity contribution in [2.75, 3.05) is 12.4 Å². The maximum absolute atomic E-state index is 12.6. The summed E-state index contributed by atoms with van der Waals surface area (Å²) >= 11 is 0. The summed E-state index contributed by atoms with van der Waals surface area (Å²) in [5.41, 5.74) is 1.26. The second-order valence-electron chi connectivity index (χ2n) is 6.70. The van der Waals surface area contributed by atoms with Crippen molar-refractivity contribution >= 4 is 21.6 Å². The first kappa shape index (κ1) is 21.7. The van der Waals surface area contributed by atoms with Crippen LogP contribution in [0.1, 0.15) is 26.3 Å². The second kappa shape index (κ2) is 9.07. The molecule has 0 aliphatic carbocycles. The van der Waals surface area contributed by atoms with Gasteiger partial charge in [0.1, 0.15) is 11.5 Å². The number of sulfonamides is 1. The van der Waals surface area contributed by atoms with E-state index < -0.39 is 22.0 Å². The van der Waals surface area contributed by atoms with Gasteiger partial charge in [0.05, 0.1) is 17.7 Å². The summed E-state index contributed by atoms with van der Waals surface area (Å²) in [5.74, 6) is 0.498. The van der Waals surface area contributed by atoms with Crippen molar-refractivity contribution in [2.24, 2.45) is 0 Å². The third-order valence-corrected chi connectivity index (χ3v) is 5.46. The van der Waals surface area contributed by atoms with Gasteiger partial charge in [0, 0.05) is 6.04 Å². The molecule has 8 heteroatoms. The van der Waals surface area contributed by atoms with Crippen LogP contribution in [0.4, 0.5) is 5.69 Å². The lowest BCUT2D eigenvalue weighted by molar-refractivity contribution is -0.122. The zero-order chi connectivity index (χ0) is 20.9.